The first-order valence-electron chi connectivity index (χ1n) is 7.06. The summed E-state index contributed by atoms with van der Waals surface area (Å²) in [7, 11) is 0. The van der Waals surface area contributed by atoms with Gasteiger partial charge >= 0.3 is 6.61 Å². The minimum Gasteiger partial charge on any atom is -0.486 e. The van der Waals surface area contributed by atoms with Gasteiger partial charge in [0, 0.05) is 18.9 Å². The molecular weight excluding hydrogens is 379 g/mol. The molecule has 0 aliphatic carbocycles. The number of benzene rings is 1. The summed E-state index contributed by atoms with van der Waals surface area (Å²) < 4.78 is 34.8. The molecule has 2 N–H and O–H groups in total. The Hall–Kier alpha value is -2.32. The molecule has 1 aromatic heterocycles. The number of aromatic nitrogens is 1. The normalized spacial score (nSPS) is 12.8. The van der Waals surface area contributed by atoms with Gasteiger partial charge in [-0.2, -0.15) is 8.78 Å². The molecule has 6 nitrogen and oxygen atoms in total. The van der Waals surface area contributed by atoms with Crippen LogP contribution >= 0.6 is 23.2 Å². The van der Waals surface area contributed by atoms with Crippen molar-refractivity contribution in [1.29, 1.82) is 0 Å². The Morgan fingerprint density at radius 1 is 1.32 bits per heavy atom. The van der Waals surface area contributed by atoms with Gasteiger partial charge in [-0.25, -0.2) is 0 Å². The fourth-order valence-corrected chi connectivity index (χ4v) is 2.76. The lowest BCUT2D eigenvalue weighted by Gasteiger charge is -2.24. The van der Waals surface area contributed by atoms with Crippen LogP contribution in [0.1, 0.15) is 10.4 Å². The van der Waals surface area contributed by atoms with E-state index in [9.17, 15) is 13.6 Å². The third-order valence-corrected chi connectivity index (χ3v) is 3.90. The zero-order chi connectivity index (χ0) is 18.0. The number of amides is 1. The number of pyridine rings is 1. The number of carbonyl (C=O) groups is 1. The lowest BCUT2D eigenvalue weighted by Crippen LogP contribution is -2.23. The number of ether oxygens (including phenoxy) is 2. The van der Waals surface area contributed by atoms with Crippen LogP contribution in [-0.4, -0.2) is 30.7 Å². The summed E-state index contributed by atoms with van der Waals surface area (Å²) in [6.07, 6.45) is 2.67. The third kappa shape index (κ3) is 3.69. The van der Waals surface area contributed by atoms with Gasteiger partial charge in [0.1, 0.15) is 6.61 Å². The molecule has 132 valence electrons. The molecule has 0 saturated carbocycles. The van der Waals surface area contributed by atoms with Crippen molar-refractivity contribution < 1.29 is 23.0 Å². The molecule has 0 radical (unpaired) electrons. The smallest absolute Gasteiger partial charge is 0.387 e. The summed E-state index contributed by atoms with van der Waals surface area (Å²) in [6.45, 7) is -2.36. The van der Waals surface area contributed by atoms with Crippen LogP contribution in [0.5, 0.6) is 11.5 Å². The Morgan fingerprint density at radius 2 is 2.04 bits per heavy atom. The summed E-state index contributed by atoms with van der Waals surface area (Å²) in [6, 6.07) is 2.58. The van der Waals surface area contributed by atoms with Crippen molar-refractivity contribution in [2.45, 2.75) is 6.61 Å². The molecule has 0 unspecified atom stereocenters. The maximum atomic E-state index is 12.6. The number of fused-ring (bicyclic) bond motifs is 1. The molecule has 0 bridgehead atoms. The van der Waals surface area contributed by atoms with Gasteiger partial charge in [-0.05, 0) is 12.1 Å². The number of alkyl halides is 2. The number of halogens is 4. The zero-order valence-electron chi connectivity index (χ0n) is 12.5. The lowest BCUT2D eigenvalue weighted by atomic mass is 10.1. The average molecular weight is 390 g/mol. The van der Waals surface area contributed by atoms with E-state index in [2.05, 4.69) is 20.4 Å². The van der Waals surface area contributed by atoms with E-state index in [-0.39, 0.29) is 45.1 Å². The monoisotopic (exact) mass is 389 g/mol. The second-order valence-electron chi connectivity index (χ2n) is 4.90. The van der Waals surface area contributed by atoms with Crippen LogP contribution in [0.15, 0.2) is 24.5 Å². The molecule has 1 aliphatic rings. The average Bonchev–Trinajstić information content (AvgIpc) is 2.58. The second-order valence-corrected chi connectivity index (χ2v) is 5.72. The topological polar surface area (TPSA) is 72.5 Å². The number of carbonyl (C=O) groups excluding carboxylic acids is 1. The highest BCUT2D eigenvalue weighted by Crippen LogP contribution is 2.41. The number of rotatable bonds is 4. The second kappa shape index (κ2) is 7.28. The highest BCUT2D eigenvalue weighted by atomic mass is 35.5. The Kier molecular flexibility index (Phi) is 5.10. The summed E-state index contributed by atoms with van der Waals surface area (Å²) in [5.74, 6) is -0.660. The van der Waals surface area contributed by atoms with Crippen molar-refractivity contribution in [2.24, 2.45) is 0 Å². The van der Waals surface area contributed by atoms with Gasteiger partial charge in [0.25, 0.3) is 5.91 Å². The number of nitrogens with zero attached hydrogens (tertiary/aromatic N) is 1. The molecule has 3 rings (SSSR count). The van der Waals surface area contributed by atoms with Crippen LogP contribution in [0.4, 0.5) is 20.2 Å². The first-order chi connectivity index (χ1) is 12.0. The Labute approximate surface area is 151 Å². The predicted molar refractivity (Wildman–Crippen MR) is 89.3 cm³/mol. The van der Waals surface area contributed by atoms with E-state index in [1.165, 1.54) is 24.5 Å². The van der Waals surface area contributed by atoms with E-state index in [1.807, 2.05) is 0 Å². The minimum atomic E-state index is -3.01. The number of hydrogen-bond acceptors (Lipinski definition) is 5. The van der Waals surface area contributed by atoms with Crippen LogP contribution < -0.4 is 20.1 Å². The molecule has 25 heavy (non-hydrogen) atoms. The van der Waals surface area contributed by atoms with Gasteiger partial charge < -0.3 is 20.1 Å². The molecule has 0 saturated heterocycles. The van der Waals surface area contributed by atoms with Crippen LogP contribution in [0.3, 0.4) is 0 Å². The predicted octanol–water partition coefficient (Wildman–Crippen LogP) is 4.05. The van der Waals surface area contributed by atoms with Crippen molar-refractivity contribution in [2.75, 3.05) is 23.8 Å². The van der Waals surface area contributed by atoms with Crippen molar-refractivity contribution in [1.82, 2.24) is 4.98 Å². The van der Waals surface area contributed by atoms with Crippen LogP contribution in [0.2, 0.25) is 10.0 Å². The van der Waals surface area contributed by atoms with Gasteiger partial charge in [0.15, 0.2) is 11.5 Å². The van der Waals surface area contributed by atoms with Crippen molar-refractivity contribution in [3.8, 4) is 11.5 Å². The van der Waals surface area contributed by atoms with Crippen LogP contribution in [-0.2, 0) is 0 Å². The summed E-state index contributed by atoms with van der Waals surface area (Å²) in [5.41, 5.74) is 0.616. The van der Waals surface area contributed by atoms with E-state index >= 15 is 0 Å². The number of hydrogen-bond donors (Lipinski definition) is 2. The first-order valence-corrected chi connectivity index (χ1v) is 7.82. The van der Waals surface area contributed by atoms with Crippen molar-refractivity contribution in [3.63, 3.8) is 0 Å². The van der Waals surface area contributed by atoms with Gasteiger partial charge in [0.2, 0.25) is 0 Å². The summed E-state index contributed by atoms with van der Waals surface area (Å²) in [4.78, 5) is 16.4. The van der Waals surface area contributed by atoms with E-state index in [4.69, 9.17) is 27.9 Å². The number of nitrogens with one attached hydrogen (secondary N) is 2. The maximum Gasteiger partial charge on any atom is 0.387 e. The molecule has 0 fully saturated rings. The Bertz CT molecular complexity index is 801. The Morgan fingerprint density at radius 3 is 2.72 bits per heavy atom. The molecule has 0 atom stereocenters. The molecule has 10 heteroatoms. The van der Waals surface area contributed by atoms with Gasteiger partial charge in [-0.1, -0.05) is 23.2 Å². The quantitative estimate of drug-likeness (QED) is 0.825. The highest BCUT2D eigenvalue weighted by molar-refractivity contribution is 6.39. The van der Waals surface area contributed by atoms with Crippen molar-refractivity contribution in [3.05, 3.63) is 40.1 Å². The molecule has 1 aliphatic heterocycles. The molecule has 2 heterocycles. The lowest BCUT2D eigenvalue weighted by molar-refractivity contribution is -0.0514. The molecule has 2 aromatic rings. The Balaban J connectivity index is 1.95. The van der Waals surface area contributed by atoms with Gasteiger partial charge in [0.05, 0.1) is 27.0 Å². The molecule has 1 amide bonds. The van der Waals surface area contributed by atoms with E-state index in [0.29, 0.717) is 6.54 Å². The largest absolute Gasteiger partial charge is 0.486 e. The molecular formula is C15H11Cl2F2N3O3. The maximum absolute atomic E-state index is 12.6. The van der Waals surface area contributed by atoms with E-state index < -0.39 is 12.5 Å². The van der Waals surface area contributed by atoms with Crippen molar-refractivity contribution >= 4 is 40.5 Å². The van der Waals surface area contributed by atoms with Gasteiger partial charge in [-0.3, -0.25) is 9.78 Å². The fraction of sp³-hybridized carbons (Fsp3) is 0.200. The SMILES string of the molecule is O=C(Nc1c(Cl)cncc1Cl)c1ccc(OC(F)F)c2c1NCCO2. The fourth-order valence-electron chi connectivity index (χ4n) is 2.30. The standard InChI is InChI=1S/C15H11Cl2F2N3O3/c16-8-5-20-6-9(17)12(8)22-14(23)7-1-2-10(25-15(18)19)13-11(7)21-3-4-24-13/h1-2,5-6,15,21H,3-4H2,(H,20,22,23). The third-order valence-electron chi connectivity index (χ3n) is 3.32. The molecule has 0 spiro atoms. The van der Waals surface area contributed by atoms with Gasteiger partial charge in [-0.15, -0.1) is 0 Å². The summed E-state index contributed by atoms with van der Waals surface area (Å²) in [5, 5.41) is 5.86. The van der Waals surface area contributed by atoms with E-state index in [0.717, 1.165) is 0 Å². The zero-order valence-corrected chi connectivity index (χ0v) is 14.0. The number of anilines is 2. The van der Waals surface area contributed by atoms with Crippen LogP contribution in [0, 0.1) is 0 Å². The van der Waals surface area contributed by atoms with E-state index in [1.54, 1.807) is 0 Å². The summed E-state index contributed by atoms with van der Waals surface area (Å²) >= 11 is 12.0. The minimum absolute atomic E-state index is 0.0473. The highest BCUT2D eigenvalue weighted by Gasteiger charge is 2.25. The first kappa shape index (κ1) is 17.5. The van der Waals surface area contributed by atoms with Crippen LogP contribution in [0.25, 0.3) is 0 Å². The molecule has 1 aromatic carbocycles.